The van der Waals surface area contributed by atoms with Gasteiger partial charge in [-0.05, 0) is 104 Å². The van der Waals surface area contributed by atoms with Gasteiger partial charge >= 0.3 is 23.9 Å². The molecule has 9 heteroatoms. The number of hydrogen-bond acceptors (Lipinski definition) is 9. The fourth-order valence-corrected chi connectivity index (χ4v) is 9.05. The Bertz CT molecular complexity index is 3230. The summed E-state index contributed by atoms with van der Waals surface area (Å²) in [6, 6.07) is 62.7. The summed E-state index contributed by atoms with van der Waals surface area (Å²) in [5, 5.41) is 12.2. The first-order valence-corrected chi connectivity index (χ1v) is 23.6. The van der Waals surface area contributed by atoms with Gasteiger partial charge in [0, 0.05) is 32.1 Å². The second-order valence-corrected chi connectivity index (χ2v) is 17.5. The highest BCUT2D eigenvalue weighted by atomic mass is 16.5. The molecule has 0 aliphatic heterocycles. The monoisotopic (exact) mass is 946 g/mol. The van der Waals surface area contributed by atoms with Crippen molar-refractivity contribution in [1.29, 1.82) is 0 Å². The maximum Gasteiger partial charge on any atom is 0.343 e. The van der Waals surface area contributed by atoms with Gasteiger partial charge in [-0.3, -0.25) is 0 Å². The molecule has 9 nitrogen and oxygen atoms in total. The molecule has 10 rings (SSSR count). The third kappa shape index (κ3) is 10.3. The highest BCUT2D eigenvalue weighted by molar-refractivity contribution is 5.93. The second-order valence-electron chi connectivity index (χ2n) is 17.5. The Hall–Kier alpha value is -9.34. The number of hydrogen-bond donors (Lipinski definition) is 1. The summed E-state index contributed by atoms with van der Waals surface area (Å²) in [6.45, 7) is 0. The van der Waals surface area contributed by atoms with Gasteiger partial charge in [-0.1, -0.05) is 164 Å². The van der Waals surface area contributed by atoms with Gasteiger partial charge in [0.05, 0.1) is 22.3 Å². The average molecular weight is 947 g/mol. The Balaban J connectivity index is 1.19. The molecule has 10 bridgehead atoms. The van der Waals surface area contributed by atoms with Gasteiger partial charge in [-0.25, -0.2) is 19.2 Å². The van der Waals surface area contributed by atoms with Crippen LogP contribution in [0, 0.1) is 0 Å². The summed E-state index contributed by atoms with van der Waals surface area (Å²) in [5.41, 5.74) is 7.46. The Morgan fingerprint density at radius 1 is 0.250 bits per heavy atom. The van der Waals surface area contributed by atoms with E-state index in [1.54, 1.807) is 97.1 Å². The molecule has 0 radical (unpaired) electrons. The number of ether oxygens (including phenoxy) is 4. The second kappa shape index (κ2) is 21.1. The first-order chi connectivity index (χ1) is 35.3. The van der Waals surface area contributed by atoms with E-state index in [0.717, 1.165) is 0 Å². The molecule has 0 saturated heterocycles. The number of phenolic OH excluding ortho intramolecular Hbond substituents is 1. The number of carbonyl (C=O) groups is 4. The molecule has 0 amide bonds. The lowest BCUT2D eigenvalue weighted by molar-refractivity contribution is 0.0721. The van der Waals surface area contributed by atoms with E-state index in [4.69, 9.17) is 18.9 Å². The van der Waals surface area contributed by atoms with Crippen LogP contribution in [0.5, 0.6) is 28.7 Å². The van der Waals surface area contributed by atoms with Crippen molar-refractivity contribution in [2.24, 2.45) is 0 Å². The van der Waals surface area contributed by atoms with Crippen LogP contribution in [0.1, 0.15) is 97.1 Å². The third-order valence-electron chi connectivity index (χ3n) is 12.6. The molecule has 1 aliphatic carbocycles. The summed E-state index contributed by atoms with van der Waals surface area (Å²) in [4.78, 5) is 56.2. The molecule has 0 spiro atoms. The van der Waals surface area contributed by atoms with Gasteiger partial charge in [0.25, 0.3) is 0 Å². The number of benzene rings is 9. The fraction of sp³-hybridized carbons (Fsp3) is 0.0794. The van der Waals surface area contributed by atoms with Gasteiger partial charge < -0.3 is 24.1 Å². The molecule has 0 aromatic heterocycles. The van der Waals surface area contributed by atoms with E-state index in [2.05, 4.69) is 0 Å². The van der Waals surface area contributed by atoms with E-state index in [1.165, 1.54) is 0 Å². The van der Waals surface area contributed by atoms with E-state index in [1.807, 2.05) is 115 Å². The lowest BCUT2D eigenvalue weighted by atomic mass is 9.91. The molecule has 0 saturated carbocycles. The summed E-state index contributed by atoms with van der Waals surface area (Å²) < 4.78 is 25.6. The highest BCUT2D eigenvalue weighted by Gasteiger charge is 2.26. The van der Waals surface area contributed by atoms with Crippen molar-refractivity contribution in [1.82, 2.24) is 0 Å². The lowest BCUT2D eigenvalue weighted by Crippen LogP contribution is -2.15. The minimum absolute atomic E-state index is 0.0222. The SMILES string of the molecule is O=C(Oc1c2cccc1Cc1cccc(c1OC(=O)c1ccccc1)Cc1cccc(c1OC(=O)c1ccccc1)Cc1cccc(c1OC(=O)c1ccccc1)Cc1cccc(c1O)C2)c1ccccc1. The van der Waals surface area contributed by atoms with Crippen LogP contribution < -0.4 is 18.9 Å². The molecule has 9 aromatic rings. The van der Waals surface area contributed by atoms with Crippen LogP contribution in [0.4, 0.5) is 0 Å². The molecule has 352 valence electrons. The predicted octanol–water partition coefficient (Wildman–Crippen LogP) is 12.5. The average Bonchev–Trinajstić information content (AvgIpc) is 3.41. The molecule has 9 aromatic carbocycles. The third-order valence-corrected chi connectivity index (χ3v) is 12.6. The fourth-order valence-electron chi connectivity index (χ4n) is 9.05. The van der Waals surface area contributed by atoms with Crippen molar-refractivity contribution in [3.8, 4) is 28.7 Å². The molecule has 1 aliphatic rings. The van der Waals surface area contributed by atoms with Crippen LogP contribution in [-0.2, 0) is 32.1 Å². The van der Waals surface area contributed by atoms with Gasteiger partial charge in [0.1, 0.15) is 28.7 Å². The Morgan fingerprint density at radius 3 is 0.639 bits per heavy atom. The number of aromatic hydroxyl groups is 1. The number of rotatable bonds is 8. The summed E-state index contributed by atoms with van der Waals surface area (Å²) in [5.74, 6) is -1.14. The zero-order chi connectivity index (χ0) is 49.4. The molecular formula is C63H46O9. The maximum absolute atomic E-state index is 14.1. The lowest BCUT2D eigenvalue weighted by Gasteiger charge is -2.21. The van der Waals surface area contributed by atoms with Gasteiger partial charge in [0.15, 0.2) is 0 Å². The molecule has 0 atom stereocenters. The predicted molar refractivity (Wildman–Crippen MR) is 274 cm³/mol. The molecule has 72 heavy (non-hydrogen) atoms. The van der Waals surface area contributed by atoms with E-state index >= 15 is 0 Å². The van der Waals surface area contributed by atoms with E-state index < -0.39 is 23.9 Å². The Morgan fingerprint density at radius 2 is 0.431 bits per heavy atom. The number of carbonyl (C=O) groups excluding carboxylic acids is 4. The van der Waals surface area contributed by atoms with Crippen LogP contribution in [0.3, 0.4) is 0 Å². The molecule has 1 N–H and O–H groups in total. The standard InChI is InChI=1S/C63H46O9/c64-55-45-26-13-27-46(55)37-48-29-15-31-50(57(48)70-61(66)42-20-7-2-8-21-42)39-52-33-17-35-54(59(52)72-63(68)44-24-11-4-12-25-44)40-53-34-16-32-51(58(53)71-62(67)43-22-9-3-10-23-43)38-49-30-14-28-47(36-45)56(49)69-60(65)41-18-5-1-6-19-41/h1-35,64H,36-40H2. The Labute approximate surface area is 416 Å². The smallest absolute Gasteiger partial charge is 0.343 e. The zero-order valence-corrected chi connectivity index (χ0v) is 39.0. The van der Waals surface area contributed by atoms with Gasteiger partial charge in [0.2, 0.25) is 0 Å². The van der Waals surface area contributed by atoms with Gasteiger partial charge in [-0.15, -0.1) is 0 Å². The molecular weight excluding hydrogens is 901 g/mol. The van der Waals surface area contributed by atoms with Crippen LogP contribution >= 0.6 is 0 Å². The summed E-state index contributed by atoms with van der Waals surface area (Å²) >= 11 is 0. The van der Waals surface area contributed by atoms with Crippen LogP contribution in [0.2, 0.25) is 0 Å². The first kappa shape index (κ1) is 46.4. The first-order valence-electron chi connectivity index (χ1n) is 23.6. The van der Waals surface area contributed by atoms with Crippen LogP contribution in [-0.4, -0.2) is 29.0 Å². The maximum atomic E-state index is 14.1. The van der Waals surface area contributed by atoms with E-state index in [0.29, 0.717) is 89.4 Å². The summed E-state index contributed by atoms with van der Waals surface area (Å²) in [7, 11) is 0. The topological polar surface area (TPSA) is 125 Å². The quantitative estimate of drug-likeness (QED) is 0.117. The minimum atomic E-state index is -0.583. The molecule has 0 heterocycles. The highest BCUT2D eigenvalue weighted by Crippen LogP contribution is 2.40. The summed E-state index contributed by atoms with van der Waals surface area (Å²) in [6.07, 6.45) is 0.830. The van der Waals surface area contributed by atoms with Crippen LogP contribution in [0.15, 0.2) is 212 Å². The zero-order valence-electron chi connectivity index (χ0n) is 39.0. The van der Waals surface area contributed by atoms with Crippen molar-refractivity contribution in [2.45, 2.75) is 32.1 Å². The largest absolute Gasteiger partial charge is 0.507 e. The van der Waals surface area contributed by atoms with Crippen molar-refractivity contribution in [2.75, 3.05) is 0 Å². The number of fused-ring (bicyclic) bond motifs is 10. The van der Waals surface area contributed by atoms with Crippen molar-refractivity contribution >= 4 is 23.9 Å². The van der Waals surface area contributed by atoms with Crippen molar-refractivity contribution in [3.05, 3.63) is 290 Å². The van der Waals surface area contributed by atoms with Crippen LogP contribution in [0.25, 0.3) is 0 Å². The van der Waals surface area contributed by atoms with E-state index in [9.17, 15) is 24.3 Å². The number of phenols is 1. The molecule has 0 unspecified atom stereocenters. The minimum Gasteiger partial charge on any atom is -0.507 e. The van der Waals surface area contributed by atoms with Crippen molar-refractivity contribution in [3.63, 3.8) is 0 Å². The normalized spacial score (nSPS) is 11.9. The van der Waals surface area contributed by atoms with Gasteiger partial charge in [-0.2, -0.15) is 0 Å². The molecule has 0 fully saturated rings. The number of para-hydroxylation sites is 5. The van der Waals surface area contributed by atoms with E-state index in [-0.39, 0.29) is 49.4 Å². The van der Waals surface area contributed by atoms with Crippen molar-refractivity contribution < 1.29 is 43.2 Å². The number of esters is 4. The Kier molecular flexibility index (Phi) is 13.6.